The summed E-state index contributed by atoms with van der Waals surface area (Å²) in [6.07, 6.45) is 1.99. The maximum Gasteiger partial charge on any atom is 0.141 e. The molecule has 1 aromatic carbocycles. The van der Waals surface area contributed by atoms with Gasteiger partial charge in [0.25, 0.3) is 0 Å². The van der Waals surface area contributed by atoms with E-state index in [1.165, 1.54) is 12.4 Å². The average Bonchev–Trinajstić information content (AvgIpc) is 2.81. The molecule has 4 nitrogen and oxygen atoms in total. The maximum atomic E-state index is 13.5. The van der Waals surface area contributed by atoms with Crippen molar-refractivity contribution in [1.82, 2.24) is 20.5 Å². The molecule has 5 heteroatoms. The van der Waals surface area contributed by atoms with E-state index in [-0.39, 0.29) is 11.9 Å². The summed E-state index contributed by atoms with van der Waals surface area (Å²) < 4.78 is 13.5. The van der Waals surface area contributed by atoms with Crippen molar-refractivity contribution in [2.75, 3.05) is 7.05 Å². The Bertz CT molecular complexity index is 441. The molecule has 0 bridgehead atoms. The molecule has 1 unspecified atom stereocenters. The van der Waals surface area contributed by atoms with Crippen molar-refractivity contribution in [2.45, 2.75) is 12.5 Å². The topological polar surface area (TPSA) is 53.6 Å². The van der Waals surface area contributed by atoms with Crippen LogP contribution < -0.4 is 5.32 Å². The minimum atomic E-state index is -0.192. The first-order valence-corrected chi connectivity index (χ1v) is 5.07. The molecular weight excluding hydrogens is 207 g/mol. The van der Waals surface area contributed by atoms with Crippen molar-refractivity contribution < 1.29 is 4.39 Å². The maximum absolute atomic E-state index is 13.5. The Balaban J connectivity index is 2.17. The van der Waals surface area contributed by atoms with Gasteiger partial charge in [-0.2, -0.15) is 5.10 Å². The Morgan fingerprint density at radius 1 is 1.44 bits per heavy atom. The fourth-order valence-electron chi connectivity index (χ4n) is 1.60. The number of aromatic nitrogens is 3. The Labute approximate surface area is 92.9 Å². The molecule has 0 aliphatic carbocycles. The number of nitrogens with zero attached hydrogens (tertiary/aromatic N) is 2. The largest absolute Gasteiger partial charge is 0.310 e. The van der Waals surface area contributed by atoms with Crippen LogP contribution in [0, 0.1) is 5.82 Å². The highest BCUT2D eigenvalue weighted by Crippen LogP contribution is 2.16. The predicted molar refractivity (Wildman–Crippen MR) is 58.3 cm³/mol. The lowest BCUT2D eigenvalue weighted by Crippen LogP contribution is -2.20. The average molecular weight is 220 g/mol. The predicted octanol–water partition coefficient (Wildman–Crippen LogP) is 1.45. The van der Waals surface area contributed by atoms with Gasteiger partial charge < -0.3 is 5.32 Å². The molecule has 0 spiro atoms. The third-order valence-corrected chi connectivity index (χ3v) is 2.49. The van der Waals surface area contributed by atoms with E-state index in [4.69, 9.17) is 0 Å². The lowest BCUT2D eigenvalue weighted by atomic mass is 10.1. The molecule has 0 amide bonds. The Morgan fingerprint density at radius 2 is 2.25 bits per heavy atom. The second-order valence-electron chi connectivity index (χ2n) is 3.51. The van der Waals surface area contributed by atoms with Gasteiger partial charge in [-0.3, -0.25) is 5.10 Å². The number of nitrogens with one attached hydrogen (secondary N) is 2. The van der Waals surface area contributed by atoms with Crippen LogP contribution in [0.25, 0.3) is 0 Å². The summed E-state index contributed by atoms with van der Waals surface area (Å²) in [6, 6.07) is 6.69. The molecule has 0 saturated heterocycles. The standard InChI is InChI=1S/C11H13FN4/c1-13-10(11-14-7-15-16-11)6-8-4-2-3-5-9(8)12/h2-5,7,10,13H,6H2,1H3,(H,14,15,16). The molecule has 0 saturated carbocycles. The van der Waals surface area contributed by atoms with Crippen molar-refractivity contribution in [1.29, 1.82) is 0 Å². The number of aromatic amines is 1. The van der Waals surface area contributed by atoms with Gasteiger partial charge in [0.1, 0.15) is 18.0 Å². The summed E-state index contributed by atoms with van der Waals surface area (Å²) in [6.45, 7) is 0. The molecule has 2 N–H and O–H groups in total. The van der Waals surface area contributed by atoms with Gasteiger partial charge in [0, 0.05) is 0 Å². The van der Waals surface area contributed by atoms with Crippen molar-refractivity contribution in [3.63, 3.8) is 0 Å². The van der Waals surface area contributed by atoms with Crippen molar-refractivity contribution >= 4 is 0 Å². The second kappa shape index (κ2) is 4.85. The minimum absolute atomic E-state index is 0.0561. The van der Waals surface area contributed by atoms with E-state index >= 15 is 0 Å². The zero-order valence-corrected chi connectivity index (χ0v) is 8.94. The number of hydrogen-bond acceptors (Lipinski definition) is 3. The summed E-state index contributed by atoms with van der Waals surface area (Å²) in [7, 11) is 1.81. The smallest absolute Gasteiger partial charge is 0.141 e. The Hall–Kier alpha value is -1.75. The molecule has 0 aliphatic heterocycles. The van der Waals surface area contributed by atoms with Crippen LogP contribution in [0.3, 0.4) is 0 Å². The van der Waals surface area contributed by atoms with E-state index in [0.717, 1.165) is 0 Å². The van der Waals surface area contributed by atoms with Gasteiger partial charge in [-0.15, -0.1) is 0 Å². The molecule has 1 atom stereocenters. The van der Waals surface area contributed by atoms with Crippen LogP contribution in [-0.4, -0.2) is 22.2 Å². The number of rotatable bonds is 4. The molecule has 0 radical (unpaired) electrons. The normalized spacial score (nSPS) is 12.6. The highest BCUT2D eigenvalue weighted by molar-refractivity contribution is 5.19. The Morgan fingerprint density at radius 3 is 2.88 bits per heavy atom. The molecule has 84 valence electrons. The molecule has 1 aromatic heterocycles. The van der Waals surface area contributed by atoms with E-state index in [9.17, 15) is 4.39 Å². The molecular formula is C11H13FN4. The zero-order chi connectivity index (χ0) is 11.4. The van der Waals surface area contributed by atoms with Crippen molar-refractivity contribution in [3.05, 3.63) is 47.8 Å². The van der Waals surface area contributed by atoms with E-state index < -0.39 is 0 Å². The Kier molecular flexibility index (Phi) is 3.26. The van der Waals surface area contributed by atoms with Gasteiger partial charge in [0.05, 0.1) is 6.04 Å². The molecule has 2 rings (SSSR count). The zero-order valence-electron chi connectivity index (χ0n) is 8.94. The summed E-state index contributed by atoms with van der Waals surface area (Å²) in [5.41, 5.74) is 0.665. The van der Waals surface area contributed by atoms with Gasteiger partial charge in [0.15, 0.2) is 0 Å². The summed E-state index contributed by atoms with van der Waals surface area (Å²) in [4.78, 5) is 4.06. The van der Waals surface area contributed by atoms with Crippen LogP contribution in [0.4, 0.5) is 4.39 Å². The van der Waals surface area contributed by atoms with Crippen LogP contribution in [0.2, 0.25) is 0 Å². The number of benzene rings is 1. The van der Waals surface area contributed by atoms with E-state index in [2.05, 4.69) is 20.5 Å². The number of hydrogen-bond donors (Lipinski definition) is 2. The SMILES string of the molecule is CNC(Cc1ccccc1F)c1ncn[nH]1. The van der Waals surface area contributed by atoms with Crippen LogP contribution >= 0.6 is 0 Å². The van der Waals surface area contributed by atoms with Crippen molar-refractivity contribution in [2.24, 2.45) is 0 Å². The van der Waals surface area contributed by atoms with Gasteiger partial charge in [-0.05, 0) is 25.1 Å². The molecule has 0 aliphatic rings. The lowest BCUT2D eigenvalue weighted by Gasteiger charge is -2.13. The van der Waals surface area contributed by atoms with Crippen molar-refractivity contribution in [3.8, 4) is 0 Å². The monoisotopic (exact) mass is 220 g/mol. The highest BCUT2D eigenvalue weighted by Gasteiger charge is 2.14. The fourth-order valence-corrected chi connectivity index (χ4v) is 1.60. The number of H-pyrrole nitrogens is 1. The first-order chi connectivity index (χ1) is 7.81. The van der Waals surface area contributed by atoms with Gasteiger partial charge >= 0.3 is 0 Å². The van der Waals surface area contributed by atoms with E-state index in [1.807, 2.05) is 13.1 Å². The third-order valence-electron chi connectivity index (χ3n) is 2.49. The summed E-state index contributed by atoms with van der Waals surface area (Å²) >= 11 is 0. The van der Waals surface area contributed by atoms with Crippen LogP contribution in [0.15, 0.2) is 30.6 Å². The van der Waals surface area contributed by atoms with Gasteiger partial charge in [-0.25, -0.2) is 9.37 Å². The minimum Gasteiger partial charge on any atom is -0.310 e. The van der Waals surface area contributed by atoms with Crippen LogP contribution in [0.5, 0.6) is 0 Å². The van der Waals surface area contributed by atoms with Gasteiger partial charge in [-0.1, -0.05) is 18.2 Å². The first-order valence-electron chi connectivity index (χ1n) is 5.07. The van der Waals surface area contributed by atoms with Gasteiger partial charge in [0.2, 0.25) is 0 Å². The molecule has 2 aromatic rings. The van der Waals surface area contributed by atoms with Crippen LogP contribution in [-0.2, 0) is 6.42 Å². The first kappa shape index (κ1) is 10.8. The quantitative estimate of drug-likeness (QED) is 0.820. The van der Waals surface area contributed by atoms with E-state index in [0.29, 0.717) is 17.8 Å². The lowest BCUT2D eigenvalue weighted by molar-refractivity contribution is 0.534. The molecule has 0 fully saturated rings. The number of likely N-dealkylation sites (N-methyl/N-ethyl adjacent to an activating group) is 1. The van der Waals surface area contributed by atoms with E-state index in [1.54, 1.807) is 12.1 Å². The molecule has 16 heavy (non-hydrogen) atoms. The third kappa shape index (κ3) is 2.25. The van der Waals surface area contributed by atoms with Crippen LogP contribution in [0.1, 0.15) is 17.4 Å². The molecule has 1 heterocycles. The summed E-state index contributed by atoms with van der Waals surface area (Å²) in [5, 5.41) is 9.65. The fraction of sp³-hybridized carbons (Fsp3) is 0.273. The second-order valence-corrected chi connectivity index (χ2v) is 3.51. The number of halogens is 1. The summed E-state index contributed by atoms with van der Waals surface area (Å²) in [5.74, 6) is 0.521. The highest BCUT2D eigenvalue weighted by atomic mass is 19.1.